The van der Waals surface area contributed by atoms with Gasteiger partial charge in [-0.1, -0.05) is 0 Å². The van der Waals surface area contributed by atoms with Gasteiger partial charge in [0.1, 0.15) is 12.2 Å². The number of aliphatic hydroxyl groups is 3. The first-order valence-electron chi connectivity index (χ1n) is 5.04. The Morgan fingerprint density at radius 2 is 2.13 bits per heavy atom. The molecule has 1 aliphatic rings. The maximum absolute atomic E-state index is 9.47. The van der Waals surface area contributed by atoms with Gasteiger partial charge < -0.3 is 24.8 Å². The van der Waals surface area contributed by atoms with E-state index in [1.807, 2.05) is 0 Å². The monoisotopic (exact) mass is 238 g/mol. The van der Waals surface area contributed by atoms with Crippen LogP contribution in [0.5, 0.6) is 0 Å². The molecule has 6 heteroatoms. The predicted molar refractivity (Wildman–Crippen MR) is 56.8 cm³/mol. The minimum Gasteiger partial charge on any atom is -0.394 e. The molecule has 0 aliphatic carbocycles. The summed E-state index contributed by atoms with van der Waals surface area (Å²) in [5.41, 5.74) is 0. The van der Waals surface area contributed by atoms with Crippen molar-refractivity contribution in [3.05, 3.63) is 0 Å². The molecule has 15 heavy (non-hydrogen) atoms. The van der Waals surface area contributed by atoms with Gasteiger partial charge in [-0.3, -0.25) is 0 Å². The van der Waals surface area contributed by atoms with Crippen molar-refractivity contribution in [2.45, 2.75) is 37.4 Å². The molecule has 1 fully saturated rings. The van der Waals surface area contributed by atoms with E-state index in [1.165, 1.54) is 0 Å². The van der Waals surface area contributed by atoms with E-state index < -0.39 is 24.6 Å². The van der Waals surface area contributed by atoms with Gasteiger partial charge in [0.2, 0.25) is 0 Å². The van der Waals surface area contributed by atoms with Gasteiger partial charge >= 0.3 is 0 Å². The first kappa shape index (κ1) is 13.2. The molecule has 1 rings (SSSR count). The molecule has 4 unspecified atom stereocenters. The standard InChI is InChI=1S/C9H18O5S/c10-5-7-9(12)6(11)4-8(14-7)13-2-1-3-15/h6-12,15H,1-5H2. The first-order valence-corrected chi connectivity index (χ1v) is 5.67. The summed E-state index contributed by atoms with van der Waals surface area (Å²) in [7, 11) is 0. The number of thiol groups is 1. The summed E-state index contributed by atoms with van der Waals surface area (Å²) in [6.07, 6.45) is -2.25. The molecule has 3 N–H and O–H groups in total. The topological polar surface area (TPSA) is 79.2 Å². The summed E-state index contributed by atoms with van der Waals surface area (Å²) in [4.78, 5) is 0. The molecular weight excluding hydrogens is 220 g/mol. The maximum Gasteiger partial charge on any atom is 0.160 e. The van der Waals surface area contributed by atoms with Gasteiger partial charge in [-0.15, -0.1) is 0 Å². The van der Waals surface area contributed by atoms with Crippen molar-refractivity contribution in [3.8, 4) is 0 Å². The Hall–Kier alpha value is 0.150. The third-order valence-corrected chi connectivity index (χ3v) is 2.64. The van der Waals surface area contributed by atoms with E-state index >= 15 is 0 Å². The average molecular weight is 238 g/mol. The Morgan fingerprint density at radius 3 is 2.73 bits per heavy atom. The predicted octanol–water partition coefficient (Wildman–Crippen LogP) is -0.848. The van der Waals surface area contributed by atoms with Crippen LogP contribution < -0.4 is 0 Å². The molecule has 0 bridgehead atoms. The lowest BCUT2D eigenvalue weighted by Crippen LogP contribution is -2.50. The molecular formula is C9H18O5S. The van der Waals surface area contributed by atoms with Crippen molar-refractivity contribution in [1.29, 1.82) is 0 Å². The van der Waals surface area contributed by atoms with Crippen LogP contribution in [0.25, 0.3) is 0 Å². The van der Waals surface area contributed by atoms with Gasteiger partial charge in [-0.2, -0.15) is 12.6 Å². The Labute approximate surface area is 94.4 Å². The van der Waals surface area contributed by atoms with Gasteiger partial charge in [0.15, 0.2) is 6.29 Å². The summed E-state index contributed by atoms with van der Waals surface area (Å²) < 4.78 is 10.6. The molecule has 1 aliphatic heterocycles. The molecule has 90 valence electrons. The Balaban J connectivity index is 2.34. The highest BCUT2D eigenvalue weighted by molar-refractivity contribution is 7.80. The van der Waals surface area contributed by atoms with Crippen LogP contribution >= 0.6 is 12.6 Å². The van der Waals surface area contributed by atoms with Crippen molar-refractivity contribution in [1.82, 2.24) is 0 Å². The zero-order valence-corrected chi connectivity index (χ0v) is 9.34. The Morgan fingerprint density at radius 1 is 1.40 bits per heavy atom. The number of aliphatic hydroxyl groups excluding tert-OH is 3. The summed E-state index contributed by atoms with van der Waals surface area (Å²) in [5, 5.41) is 27.8. The molecule has 0 radical (unpaired) electrons. The summed E-state index contributed by atoms with van der Waals surface area (Å²) in [5.74, 6) is 0.724. The minimum absolute atomic E-state index is 0.226. The maximum atomic E-state index is 9.47. The molecule has 1 heterocycles. The molecule has 0 aromatic carbocycles. The molecule has 0 saturated carbocycles. The van der Waals surface area contributed by atoms with E-state index in [4.69, 9.17) is 14.6 Å². The third-order valence-electron chi connectivity index (χ3n) is 2.32. The highest BCUT2D eigenvalue weighted by atomic mass is 32.1. The van der Waals surface area contributed by atoms with Gasteiger partial charge in [-0.05, 0) is 12.2 Å². The van der Waals surface area contributed by atoms with Crippen LogP contribution in [0.4, 0.5) is 0 Å². The number of ether oxygens (including phenoxy) is 2. The number of rotatable bonds is 5. The molecule has 0 aromatic rings. The smallest absolute Gasteiger partial charge is 0.160 e. The summed E-state index contributed by atoms with van der Waals surface area (Å²) in [6, 6.07) is 0. The lowest BCUT2D eigenvalue weighted by atomic mass is 10.0. The highest BCUT2D eigenvalue weighted by Gasteiger charge is 2.36. The molecule has 1 saturated heterocycles. The van der Waals surface area contributed by atoms with E-state index in [0.29, 0.717) is 6.61 Å². The molecule has 0 spiro atoms. The highest BCUT2D eigenvalue weighted by Crippen LogP contribution is 2.21. The van der Waals surface area contributed by atoms with E-state index in [1.54, 1.807) is 0 Å². The summed E-state index contributed by atoms with van der Waals surface area (Å²) in [6.45, 7) is 0.166. The zero-order valence-electron chi connectivity index (χ0n) is 8.45. The Bertz CT molecular complexity index is 180. The van der Waals surface area contributed by atoms with Gasteiger partial charge in [0, 0.05) is 6.42 Å². The second kappa shape index (κ2) is 6.67. The molecule has 5 nitrogen and oxygen atoms in total. The Kier molecular flexibility index (Phi) is 5.88. The van der Waals surface area contributed by atoms with E-state index in [-0.39, 0.29) is 13.0 Å². The SMILES string of the molecule is OCC1OC(OCCCS)CC(O)C1O. The molecule has 0 amide bonds. The van der Waals surface area contributed by atoms with E-state index in [2.05, 4.69) is 12.6 Å². The molecule has 0 aromatic heterocycles. The van der Waals surface area contributed by atoms with Crippen molar-refractivity contribution < 1.29 is 24.8 Å². The van der Waals surface area contributed by atoms with Gasteiger partial charge in [-0.25, -0.2) is 0 Å². The van der Waals surface area contributed by atoms with Crippen LogP contribution in [0.2, 0.25) is 0 Å². The average Bonchev–Trinajstić information content (AvgIpc) is 2.23. The largest absolute Gasteiger partial charge is 0.394 e. The zero-order chi connectivity index (χ0) is 11.3. The van der Waals surface area contributed by atoms with Crippen molar-refractivity contribution >= 4 is 12.6 Å². The summed E-state index contributed by atoms with van der Waals surface area (Å²) >= 11 is 4.04. The number of hydrogen-bond acceptors (Lipinski definition) is 6. The lowest BCUT2D eigenvalue weighted by molar-refractivity contribution is -0.256. The van der Waals surface area contributed by atoms with Crippen LogP contribution in [0.1, 0.15) is 12.8 Å². The quantitative estimate of drug-likeness (QED) is 0.371. The third kappa shape index (κ3) is 3.90. The van der Waals surface area contributed by atoms with Crippen molar-refractivity contribution in [2.24, 2.45) is 0 Å². The lowest BCUT2D eigenvalue weighted by Gasteiger charge is -2.36. The normalized spacial score (nSPS) is 36.8. The number of hydrogen-bond donors (Lipinski definition) is 4. The minimum atomic E-state index is -1.04. The van der Waals surface area contributed by atoms with Crippen LogP contribution in [0, 0.1) is 0 Å². The van der Waals surface area contributed by atoms with Crippen molar-refractivity contribution in [2.75, 3.05) is 19.0 Å². The second-order valence-corrected chi connectivity index (χ2v) is 3.98. The van der Waals surface area contributed by atoms with Crippen molar-refractivity contribution in [3.63, 3.8) is 0 Å². The van der Waals surface area contributed by atoms with Crippen LogP contribution in [-0.4, -0.2) is 58.9 Å². The first-order chi connectivity index (χ1) is 7.19. The second-order valence-electron chi connectivity index (χ2n) is 3.53. The fraction of sp³-hybridized carbons (Fsp3) is 1.00. The van der Waals surface area contributed by atoms with E-state index in [0.717, 1.165) is 12.2 Å². The molecule has 4 atom stereocenters. The van der Waals surface area contributed by atoms with Gasteiger partial charge in [0.25, 0.3) is 0 Å². The van der Waals surface area contributed by atoms with Crippen LogP contribution in [-0.2, 0) is 9.47 Å². The van der Waals surface area contributed by atoms with Crippen LogP contribution in [0.15, 0.2) is 0 Å². The fourth-order valence-electron chi connectivity index (χ4n) is 1.45. The fourth-order valence-corrected chi connectivity index (χ4v) is 1.58. The van der Waals surface area contributed by atoms with E-state index in [9.17, 15) is 10.2 Å². The van der Waals surface area contributed by atoms with Crippen LogP contribution in [0.3, 0.4) is 0 Å². The van der Waals surface area contributed by atoms with Gasteiger partial charge in [0.05, 0.1) is 19.3 Å².